The molecule has 0 bridgehead atoms. The molecule has 1 heterocycles. The smallest absolute Gasteiger partial charge is 0.191 e. The summed E-state index contributed by atoms with van der Waals surface area (Å²) in [6.45, 7) is 9.16. The number of nitrogens with one attached hydrogen (secondary N) is 2. The Bertz CT molecular complexity index is 480. The van der Waals surface area contributed by atoms with Gasteiger partial charge in [-0.3, -0.25) is 4.99 Å². The molecular weight excluding hydrogens is 298 g/mol. The van der Waals surface area contributed by atoms with Gasteiger partial charge >= 0.3 is 0 Å². The Hall–Kier alpha value is -1.59. The molecule has 1 aliphatic heterocycles. The number of nitrogens with zero attached hydrogens (tertiary/aromatic N) is 3. The molecule has 5 nitrogen and oxygen atoms in total. The maximum atomic E-state index is 4.33. The fraction of sp³-hybridized carbons (Fsp3) is 0.632. The molecule has 5 heteroatoms. The van der Waals surface area contributed by atoms with Gasteiger partial charge in [-0.2, -0.15) is 0 Å². The maximum Gasteiger partial charge on any atom is 0.191 e. The normalized spacial score (nSPS) is 18.4. The van der Waals surface area contributed by atoms with Crippen molar-refractivity contribution in [3.63, 3.8) is 0 Å². The fourth-order valence-electron chi connectivity index (χ4n) is 2.96. The molecule has 1 unspecified atom stereocenters. The van der Waals surface area contributed by atoms with Crippen molar-refractivity contribution in [2.45, 2.75) is 25.8 Å². The molecule has 0 saturated carbocycles. The number of unbranched alkanes of at least 4 members (excludes halogenated alkanes) is 1. The number of rotatable bonds is 7. The van der Waals surface area contributed by atoms with Crippen LogP contribution < -0.4 is 10.6 Å². The summed E-state index contributed by atoms with van der Waals surface area (Å²) in [6.07, 6.45) is 2.41. The van der Waals surface area contributed by atoms with Gasteiger partial charge < -0.3 is 20.4 Å². The molecule has 1 saturated heterocycles. The number of aliphatic imine (C=N–C) groups is 1. The lowest BCUT2D eigenvalue weighted by Gasteiger charge is -2.32. The van der Waals surface area contributed by atoms with E-state index < -0.39 is 0 Å². The summed E-state index contributed by atoms with van der Waals surface area (Å²) in [6, 6.07) is 10.7. The van der Waals surface area contributed by atoms with Crippen LogP contribution in [0.1, 0.15) is 31.4 Å². The van der Waals surface area contributed by atoms with E-state index in [-0.39, 0.29) is 6.04 Å². The van der Waals surface area contributed by atoms with Crippen LogP contribution in [0.15, 0.2) is 35.3 Å². The molecule has 1 aromatic rings. The van der Waals surface area contributed by atoms with Crippen LogP contribution >= 0.6 is 0 Å². The van der Waals surface area contributed by atoms with Crippen molar-refractivity contribution in [2.75, 3.05) is 53.4 Å². The van der Waals surface area contributed by atoms with Crippen LogP contribution in [0.5, 0.6) is 0 Å². The van der Waals surface area contributed by atoms with Crippen LogP contribution in [0.3, 0.4) is 0 Å². The molecule has 1 atom stereocenters. The largest absolute Gasteiger partial charge is 0.356 e. The average molecular weight is 332 g/mol. The number of benzene rings is 1. The molecule has 0 aromatic heterocycles. The minimum absolute atomic E-state index is 0.253. The lowest BCUT2D eigenvalue weighted by atomic mass is 10.1. The Balaban J connectivity index is 1.60. The van der Waals surface area contributed by atoms with Crippen molar-refractivity contribution >= 4 is 5.96 Å². The summed E-state index contributed by atoms with van der Waals surface area (Å²) in [5.74, 6) is 0.881. The predicted octanol–water partition coefficient (Wildman–Crippen LogP) is 1.94. The quantitative estimate of drug-likeness (QED) is 0.455. The zero-order valence-corrected chi connectivity index (χ0v) is 15.5. The molecule has 1 aliphatic rings. The van der Waals surface area contributed by atoms with E-state index in [1.807, 2.05) is 13.1 Å². The summed E-state index contributed by atoms with van der Waals surface area (Å²) in [7, 11) is 4.04. The minimum atomic E-state index is 0.253. The molecule has 0 radical (unpaired) electrons. The summed E-state index contributed by atoms with van der Waals surface area (Å²) in [5, 5.41) is 6.88. The predicted molar refractivity (Wildman–Crippen MR) is 103 cm³/mol. The lowest BCUT2D eigenvalue weighted by molar-refractivity contribution is 0.152. The van der Waals surface area contributed by atoms with Gasteiger partial charge in [-0.1, -0.05) is 30.3 Å². The zero-order chi connectivity index (χ0) is 17.2. The Morgan fingerprint density at radius 3 is 2.50 bits per heavy atom. The Kier molecular flexibility index (Phi) is 8.05. The van der Waals surface area contributed by atoms with E-state index in [0.717, 1.165) is 12.5 Å². The van der Waals surface area contributed by atoms with Crippen molar-refractivity contribution in [2.24, 2.45) is 4.99 Å². The van der Waals surface area contributed by atoms with Gasteiger partial charge in [-0.05, 0) is 38.9 Å². The second-order valence-corrected chi connectivity index (χ2v) is 6.63. The van der Waals surface area contributed by atoms with Gasteiger partial charge in [-0.25, -0.2) is 0 Å². The highest BCUT2D eigenvalue weighted by Gasteiger charge is 2.12. The van der Waals surface area contributed by atoms with Crippen LogP contribution in [0.4, 0.5) is 0 Å². The molecule has 0 aliphatic carbocycles. The molecule has 2 rings (SSSR count). The highest BCUT2D eigenvalue weighted by Crippen LogP contribution is 2.10. The Labute approximate surface area is 147 Å². The second kappa shape index (κ2) is 10.3. The Morgan fingerprint density at radius 1 is 1.12 bits per heavy atom. The molecule has 1 aromatic carbocycles. The van der Waals surface area contributed by atoms with E-state index in [1.165, 1.54) is 51.1 Å². The van der Waals surface area contributed by atoms with E-state index in [4.69, 9.17) is 0 Å². The second-order valence-electron chi connectivity index (χ2n) is 6.63. The maximum absolute atomic E-state index is 4.33. The minimum Gasteiger partial charge on any atom is -0.356 e. The van der Waals surface area contributed by atoms with E-state index in [2.05, 4.69) is 63.7 Å². The van der Waals surface area contributed by atoms with Gasteiger partial charge in [0.05, 0.1) is 6.04 Å². The molecule has 0 amide bonds. The Morgan fingerprint density at radius 2 is 1.83 bits per heavy atom. The zero-order valence-electron chi connectivity index (χ0n) is 15.5. The van der Waals surface area contributed by atoms with Gasteiger partial charge in [0.15, 0.2) is 5.96 Å². The number of hydrogen-bond acceptors (Lipinski definition) is 3. The van der Waals surface area contributed by atoms with Crippen molar-refractivity contribution in [3.05, 3.63) is 35.9 Å². The van der Waals surface area contributed by atoms with Crippen molar-refractivity contribution in [1.82, 2.24) is 20.4 Å². The lowest BCUT2D eigenvalue weighted by Crippen LogP contribution is -2.44. The van der Waals surface area contributed by atoms with Crippen LogP contribution in [-0.4, -0.2) is 69.1 Å². The van der Waals surface area contributed by atoms with Crippen LogP contribution in [0, 0.1) is 0 Å². The third kappa shape index (κ3) is 6.49. The van der Waals surface area contributed by atoms with Crippen LogP contribution in [-0.2, 0) is 0 Å². The third-order valence-electron chi connectivity index (χ3n) is 4.67. The first-order chi connectivity index (χ1) is 11.7. The number of likely N-dealkylation sites (N-methyl/N-ethyl adjacent to an activating group) is 1. The molecular formula is C19H33N5. The topological polar surface area (TPSA) is 42.9 Å². The SMILES string of the molecule is CN=C(NCCCCN1CCN(C)CC1)NC(C)c1ccccc1. The molecule has 1 fully saturated rings. The summed E-state index contributed by atoms with van der Waals surface area (Å²) < 4.78 is 0. The summed E-state index contributed by atoms with van der Waals surface area (Å²) in [4.78, 5) is 9.31. The van der Waals surface area contributed by atoms with E-state index >= 15 is 0 Å². The first-order valence-electron chi connectivity index (χ1n) is 9.12. The average Bonchev–Trinajstić information content (AvgIpc) is 2.62. The first-order valence-corrected chi connectivity index (χ1v) is 9.12. The van der Waals surface area contributed by atoms with Crippen molar-refractivity contribution in [1.29, 1.82) is 0 Å². The highest BCUT2D eigenvalue weighted by molar-refractivity contribution is 5.80. The molecule has 24 heavy (non-hydrogen) atoms. The van der Waals surface area contributed by atoms with E-state index in [0.29, 0.717) is 0 Å². The summed E-state index contributed by atoms with van der Waals surface area (Å²) in [5.41, 5.74) is 1.27. The van der Waals surface area contributed by atoms with Crippen molar-refractivity contribution < 1.29 is 0 Å². The van der Waals surface area contributed by atoms with Crippen molar-refractivity contribution in [3.8, 4) is 0 Å². The van der Waals surface area contributed by atoms with Gasteiger partial charge in [0.1, 0.15) is 0 Å². The molecule has 0 spiro atoms. The van der Waals surface area contributed by atoms with Gasteiger partial charge in [0.2, 0.25) is 0 Å². The van der Waals surface area contributed by atoms with E-state index in [1.54, 1.807) is 0 Å². The third-order valence-corrected chi connectivity index (χ3v) is 4.67. The first kappa shape index (κ1) is 18.7. The standard InChI is InChI=1S/C19H33N5/c1-17(18-9-5-4-6-10-18)22-19(20-2)21-11-7-8-12-24-15-13-23(3)14-16-24/h4-6,9-10,17H,7-8,11-16H2,1-3H3,(H2,20,21,22). The number of guanidine groups is 1. The van der Waals surface area contributed by atoms with Gasteiger partial charge in [0, 0.05) is 39.8 Å². The molecule has 134 valence electrons. The van der Waals surface area contributed by atoms with Crippen LogP contribution in [0.25, 0.3) is 0 Å². The monoisotopic (exact) mass is 331 g/mol. The number of hydrogen-bond donors (Lipinski definition) is 2. The fourth-order valence-corrected chi connectivity index (χ4v) is 2.96. The van der Waals surface area contributed by atoms with Crippen LogP contribution in [0.2, 0.25) is 0 Å². The number of piperazine rings is 1. The van der Waals surface area contributed by atoms with Gasteiger partial charge in [0.25, 0.3) is 0 Å². The van der Waals surface area contributed by atoms with E-state index in [9.17, 15) is 0 Å². The van der Waals surface area contributed by atoms with Gasteiger partial charge in [-0.15, -0.1) is 0 Å². The highest BCUT2D eigenvalue weighted by atomic mass is 15.2. The summed E-state index contributed by atoms with van der Waals surface area (Å²) >= 11 is 0. The molecule has 2 N–H and O–H groups in total.